The Morgan fingerprint density at radius 2 is 1.91 bits per heavy atom. The fraction of sp³-hybridized carbons (Fsp3) is 0.467. The number of carboxylic acids is 1. The number of benzene rings is 1. The molecule has 0 heterocycles. The van der Waals surface area contributed by atoms with E-state index in [4.69, 9.17) is 44.6 Å². The molecule has 1 aromatic carbocycles. The Kier molecular flexibility index (Phi) is 4.18. The Bertz CT molecular complexity index is 654. The summed E-state index contributed by atoms with van der Waals surface area (Å²) in [5.74, 6) is -1.21. The first-order valence-electron chi connectivity index (χ1n) is 6.66. The summed E-state index contributed by atoms with van der Waals surface area (Å²) < 4.78 is 3.84. The van der Waals surface area contributed by atoms with Gasteiger partial charge in [-0.25, -0.2) is 4.79 Å². The highest BCUT2D eigenvalue weighted by Gasteiger charge is 2.60. The summed E-state index contributed by atoms with van der Waals surface area (Å²) in [4.78, 5) is 22.1. The number of fused-ring (bicyclic) bond motifs is 1. The maximum atomic E-state index is 12.4. The molecule has 1 aliphatic rings. The molecule has 120 valence electrons. The van der Waals surface area contributed by atoms with E-state index in [0.717, 1.165) is 0 Å². The molecule has 1 aliphatic carbocycles. The molecule has 2 rings (SSSR count). The highest BCUT2D eigenvalue weighted by Crippen LogP contribution is 2.57. The van der Waals surface area contributed by atoms with Crippen LogP contribution in [0.5, 0.6) is 5.75 Å². The molecular formula is C15H15Cl3O4. The third-order valence-electron chi connectivity index (χ3n) is 3.81. The number of alkyl halides is 3. The van der Waals surface area contributed by atoms with Crippen LogP contribution in [-0.2, 0) is 9.13 Å². The van der Waals surface area contributed by atoms with Crippen LogP contribution >= 0.6 is 34.8 Å². The molecule has 0 bridgehead atoms. The summed E-state index contributed by atoms with van der Waals surface area (Å²) in [6.45, 7) is 4.56. The average Bonchev–Trinajstić information content (AvgIpc) is 2.58. The molecule has 1 atom stereocenters. The molecule has 4 nitrogen and oxygen atoms in total. The highest BCUT2D eigenvalue weighted by molar-refractivity contribution is 6.59. The van der Waals surface area contributed by atoms with Crippen LogP contribution in [0.2, 0.25) is 0 Å². The average molecular weight is 366 g/mol. The minimum Gasteiger partial charge on any atom is -0.478 e. The van der Waals surface area contributed by atoms with Crippen molar-refractivity contribution in [2.45, 2.75) is 42.0 Å². The number of aliphatic carboxylic acids is 1. The topological polar surface area (TPSA) is 63.6 Å². The van der Waals surface area contributed by atoms with E-state index in [9.17, 15) is 9.59 Å². The number of halogens is 3. The minimum absolute atomic E-state index is 0.252. The van der Waals surface area contributed by atoms with Crippen LogP contribution < -0.4 is 4.74 Å². The van der Waals surface area contributed by atoms with E-state index in [-0.39, 0.29) is 18.0 Å². The zero-order chi connectivity index (χ0) is 16.9. The van der Waals surface area contributed by atoms with Crippen molar-refractivity contribution in [1.29, 1.82) is 0 Å². The van der Waals surface area contributed by atoms with Gasteiger partial charge in [-0.15, -0.1) is 11.6 Å². The van der Waals surface area contributed by atoms with Gasteiger partial charge in [0.1, 0.15) is 10.6 Å². The summed E-state index contributed by atoms with van der Waals surface area (Å²) in [5, 5.41) is 9.11. The predicted molar refractivity (Wildman–Crippen MR) is 85.4 cm³/mol. The fourth-order valence-corrected chi connectivity index (χ4v) is 3.29. The molecule has 0 aromatic heterocycles. The number of hydrogen-bond donors (Lipinski definition) is 1. The number of carbonyl (C=O) groups excluding carboxylic acids is 1. The van der Waals surface area contributed by atoms with Gasteiger partial charge < -0.3 is 9.84 Å². The normalized spacial score (nSPS) is 23.3. The van der Waals surface area contributed by atoms with Crippen LogP contribution in [0.15, 0.2) is 18.2 Å². The number of carbonyl (C=O) groups is 2. The van der Waals surface area contributed by atoms with Crippen molar-refractivity contribution in [2.75, 3.05) is 0 Å². The van der Waals surface area contributed by atoms with Crippen molar-refractivity contribution >= 4 is 46.6 Å². The van der Waals surface area contributed by atoms with Crippen molar-refractivity contribution in [3.8, 4) is 5.75 Å². The standard InChI is InChI=1S/C15H15Cl3O4/c1-4-14(16)11(19)9-6-5-8(7-10(9)15(14,17)18)22-13(2,3)12(20)21/h5-7H,4H2,1-3H3,(H,20,21). The molecule has 22 heavy (non-hydrogen) atoms. The molecule has 0 fully saturated rings. The van der Waals surface area contributed by atoms with E-state index in [0.29, 0.717) is 11.1 Å². The van der Waals surface area contributed by atoms with Crippen LogP contribution in [0, 0.1) is 0 Å². The molecule has 1 aromatic rings. The summed E-state index contributed by atoms with van der Waals surface area (Å²) >= 11 is 19.0. The van der Waals surface area contributed by atoms with Gasteiger partial charge in [0.15, 0.2) is 15.7 Å². The van der Waals surface area contributed by atoms with Crippen LogP contribution in [0.4, 0.5) is 0 Å². The van der Waals surface area contributed by atoms with Gasteiger partial charge >= 0.3 is 5.97 Å². The van der Waals surface area contributed by atoms with Crippen molar-refractivity contribution < 1.29 is 19.4 Å². The van der Waals surface area contributed by atoms with Crippen LogP contribution in [0.1, 0.15) is 43.1 Å². The minimum atomic E-state index is -1.61. The lowest BCUT2D eigenvalue weighted by molar-refractivity contribution is -0.152. The molecular weight excluding hydrogens is 351 g/mol. The Morgan fingerprint density at radius 3 is 2.41 bits per heavy atom. The van der Waals surface area contributed by atoms with Gasteiger partial charge in [-0.05, 0) is 38.5 Å². The maximum Gasteiger partial charge on any atom is 0.347 e. The second-order valence-corrected chi connectivity index (χ2v) is 7.66. The van der Waals surface area contributed by atoms with Gasteiger partial charge in [0.25, 0.3) is 0 Å². The molecule has 0 radical (unpaired) electrons. The van der Waals surface area contributed by atoms with Gasteiger partial charge in [-0.2, -0.15) is 0 Å². The number of hydrogen-bond acceptors (Lipinski definition) is 3. The number of ketones is 1. The lowest BCUT2D eigenvalue weighted by Crippen LogP contribution is -2.39. The second-order valence-electron chi connectivity index (χ2n) is 5.68. The second kappa shape index (κ2) is 5.29. The lowest BCUT2D eigenvalue weighted by atomic mass is 10.00. The van der Waals surface area contributed by atoms with Crippen molar-refractivity contribution in [1.82, 2.24) is 0 Å². The van der Waals surface area contributed by atoms with E-state index in [1.54, 1.807) is 6.92 Å². The number of ether oxygens (including phenoxy) is 1. The first kappa shape index (κ1) is 17.4. The monoisotopic (exact) mass is 364 g/mol. The van der Waals surface area contributed by atoms with Gasteiger partial charge in [-0.1, -0.05) is 30.1 Å². The molecule has 0 aliphatic heterocycles. The smallest absolute Gasteiger partial charge is 0.347 e. The Morgan fingerprint density at radius 1 is 1.32 bits per heavy atom. The predicted octanol–water partition coefficient (Wildman–Crippen LogP) is 4.14. The van der Waals surface area contributed by atoms with E-state index in [2.05, 4.69) is 0 Å². The van der Waals surface area contributed by atoms with Gasteiger partial charge in [-0.3, -0.25) is 4.79 Å². The van der Waals surface area contributed by atoms with Crippen molar-refractivity contribution in [3.63, 3.8) is 0 Å². The van der Waals surface area contributed by atoms with E-state index >= 15 is 0 Å². The SMILES string of the molecule is CCC1(Cl)C(=O)c2ccc(OC(C)(C)C(=O)O)cc2C1(Cl)Cl. The Balaban J connectivity index is 2.49. The largest absolute Gasteiger partial charge is 0.478 e. The van der Waals surface area contributed by atoms with Crippen molar-refractivity contribution in [3.05, 3.63) is 29.3 Å². The third-order valence-corrected chi connectivity index (χ3v) is 5.78. The molecule has 0 saturated carbocycles. The first-order valence-corrected chi connectivity index (χ1v) is 7.79. The molecule has 0 spiro atoms. The summed E-state index contributed by atoms with van der Waals surface area (Å²) in [6.07, 6.45) is 0.256. The number of rotatable bonds is 4. The summed E-state index contributed by atoms with van der Waals surface area (Å²) in [7, 11) is 0. The Hall–Kier alpha value is -0.970. The van der Waals surface area contributed by atoms with E-state index in [1.807, 2.05) is 0 Å². The van der Waals surface area contributed by atoms with E-state index < -0.39 is 20.8 Å². The number of Topliss-reactive ketones (excluding diaryl/α,β-unsaturated/α-hetero) is 1. The summed E-state index contributed by atoms with van der Waals surface area (Å²) in [6, 6.07) is 4.48. The highest BCUT2D eigenvalue weighted by atomic mass is 35.5. The molecule has 0 amide bonds. The van der Waals surface area contributed by atoms with Crippen molar-refractivity contribution in [2.24, 2.45) is 0 Å². The van der Waals surface area contributed by atoms with Gasteiger partial charge in [0.2, 0.25) is 0 Å². The lowest BCUT2D eigenvalue weighted by Gasteiger charge is -2.29. The molecule has 0 saturated heterocycles. The van der Waals surface area contributed by atoms with Gasteiger partial charge in [0, 0.05) is 11.1 Å². The zero-order valence-corrected chi connectivity index (χ0v) is 14.5. The molecule has 1 unspecified atom stereocenters. The van der Waals surface area contributed by atoms with Crippen LogP contribution in [0.25, 0.3) is 0 Å². The first-order chi connectivity index (χ1) is 9.97. The van der Waals surface area contributed by atoms with E-state index in [1.165, 1.54) is 32.0 Å². The molecule has 1 N–H and O–H groups in total. The molecule has 7 heteroatoms. The zero-order valence-electron chi connectivity index (χ0n) is 12.2. The Labute approximate surface area is 143 Å². The maximum absolute atomic E-state index is 12.4. The van der Waals surface area contributed by atoms with Gasteiger partial charge in [0.05, 0.1) is 0 Å². The number of carboxylic acid groups (broad SMARTS) is 1. The third kappa shape index (κ3) is 2.38. The summed E-state index contributed by atoms with van der Waals surface area (Å²) in [5.41, 5.74) is -0.778. The fourth-order valence-electron chi connectivity index (χ4n) is 2.33. The van der Waals surface area contributed by atoms with Crippen LogP contribution in [0.3, 0.4) is 0 Å². The quantitative estimate of drug-likeness (QED) is 0.814. The van der Waals surface area contributed by atoms with Crippen LogP contribution in [-0.4, -0.2) is 27.3 Å².